The number of rotatable bonds is 13. The molecule has 0 atom stereocenters. The van der Waals surface area contributed by atoms with E-state index in [1.807, 2.05) is 0 Å². The minimum Gasteiger partial charge on any atom is -0.305 e. The molecule has 0 aliphatic carbocycles. The molecule has 158 valence electrons. The Balaban J connectivity index is 2.49. The lowest BCUT2D eigenvalue weighted by atomic mass is 10.1. The first-order valence-electron chi connectivity index (χ1n) is 9.96. The van der Waals surface area contributed by atoms with Gasteiger partial charge < -0.3 is 4.90 Å². The van der Waals surface area contributed by atoms with Gasteiger partial charge in [0.1, 0.15) is 0 Å². The smallest absolute Gasteiger partial charge is 0.305 e. The van der Waals surface area contributed by atoms with Gasteiger partial charge >= 0.3 is 12.1 Å². The van der Waals surface area contributed by atoms with Crippen LogP contribution >= 0.6 is 11.6 Å². The molecule has 0 radical (unpaired) electrons. The molecule has 0 aliphatic heterocycles. The third-order valence-corrected chi connectivity index (χ3v) is 4.85. The maximum Gasteiger partial charge on any atom is 0.471 e. The zero-order chi connectivity index (χ0) is 21.0. The van der Waals surface area contributed by atoms with E-state index in [-0.39, 0.29) is 17.8 Å². The highest BCUT2D eigenvalue weighted by Gasteiger charge is 2.42. The Kier molecular flexibility index (Phi) is 11.2. The molecular weight excluding hydrogens is 391 g/mol. The van der Waals surface area contributed by atoms with Crippen molar-refractivity contribution >= 4 is 28.4 Å². The minimum atomic E-state index is -4.94. The minimum absolute atomic E-state index is 0.0109. The predicted molar refractivity (Wildman–Crippen MR) is 107 cm³/mol. The maximum atomic E-state index is 12.9. The van der Waals surface area contributed by atoms with Gasteiger partial charge in [0.2, 0.25) is 0 Å². The lowest BCUT2D eigenvalue weighted by Gasteiger charge is -2.24. The third kappa shape index (κ3) is 9.09. The predicted octanol–water partition coefficient (Wildman–Crippen LogP) is 6.88. The van der Waals surface area contributed by atoms with Gasteiger partial charge in [0.05, 0.1) is 0 Å². The van der Waals surface area contributed by atoms with Crippen LogP contribution in [0.15, 0.2) is 24.3 Å². The summed E-state index contributed by atoms with van der Waals surface area (Å²) in [6.45, 7) is 2.17. The van der Waals surface area contributed by atoms with Gasteiger partial charge in [0.25, 0.3) is 5.24 Å². The summed E-state index contributed by atoms with van der Waals surface area (Å²) in [5.74, 6) is -1.90. The fraction of sp³-hybridized carbons (Fsp3) is 0.619. The molecule has 1 amide bonds. The highest BCUT2D eigenvalue weighted by Crippen LogP contribution is 2.25. The Bertz CT molecular complexity index is 603. The van der Waals surface area contributed by atoms with Gasteiger partial charge in [-0.25, -0.2) is 0 Å². The van der Waals surface area contributed by atoms with E-state index in [1.54, 1.807) is 0 Å². The van der Waals surface area contributed by atoms with E-state index < -0.39 is 17.3 Å². The molecule has 1 aromatic rings. The van der Waals surface area contributed by atoms with E-state index in [9.17, 15) is 22.8 Å². The van der Waals surface area contributed by atoms with Crippen molar-refractivity contribution in [3.05, 3.63) is 29.8 Å². The molecule has 0 saturated heterocycles. The first-order valence-corrected chi connectivity index (χ1v) is 10.3. The SMILES string of the molecule is CCCCCCCCCCCCN(C(=O)C(F)(F)F)c1ccc(C(=O)Cl)cc1. The molecular formula is C21H29ClF3NO2. The molecule has 3 nitrogen and oxygen atoms in total. The molecule has 28 heavy (non-hydrogen) atoms. The van der Waals surface area contributed by atoms with Crippen LogP contribution in [0.2, 0.25) is 0 Å². The number of halogens is 4. The Hall–Kier alpha value is -1.56. The molecule has 0 saturated carbocycles. The van der Waals surface area contributed by atoms with Gasteiger partial charge in [-0.15, -0.1) is 0 Å². The van der Waals surface area contributed by atoms with Crippen molar-refractivity contribution in [2.24, 2.45) is 0 Å². The zero-order valence-corrected chi connectivity index (χ0v) is 17.1. The van der Waals surface area contributed by atoms with Crippen molar-refractivity contribution in [2.75, 3.05) is 11.4 Å². The first kappa shape index (κ1) is 24.5. The molecule has 0 aliphatic rings. The van der Waals surface area contributed by atoms with Gasteiger partial charge in [0, 0.05) is 17.8 Å². The Morgan fingerprint density at radius 2 is 1.32 bits per heavy atom. The number of carbonyl (C=O) groups is 2. The molecule has 0 N–H and O–H groups in total. The van der Waals surface area contributed by atoms with Gasteiger partial charge in [-0.2, -0.15) is 13.2 Å². The van der Waals surface area contributed by atoms with Crippen LogP contribution in [0, 0.1) is 0 Å². The van der Waals surface area contributed by atoms with E-state index >= 15 is 0 Å². The number of amides is 1. The number of unbranched alkanes of at least 4 members (excludes halogenated alkanes) is 9. The number of anilines is 1. The highest BCUT2D eigenvalue weighted by atomic mass is 35.5. The number of hydrogen-bond acceptors (Lipinski definition) is 2. The fourth-order valence-corrected chi connectivity index (χ4v) is 3.16. The number of alkyl halides is 3. The summed E-state index contributed by atoms with van der Waals surface area (Å²) in [4.78, 5) is 23.6. The van der Waals surface area contributed by atoms with E-state index in [0.29, 0.717) is 6.42 Å². The van der Waals surface area contributed by atoms with Crippen LogP contribution in [0.25, 0.3) is 0 Å². The Morgan fingerprint density at radius 1 is 0.857 bits per heavy atom. The summed E-state index contributed by atoms with van der Waals surface area (Å²) in [7, 11) is 0. The molecule has 0 aromatic heterocycles. The zero-order valence-electron chi connectivity index (χ0n) is 16.4. The second-order valence-corrected chi connectivity index (χ2v) is 7.30. The summed E-state index contributed by atoms with van der Waals surface area (Å²) in [6, 6.07) is 5.27. The highest BCUT2D eigenvalue weighted by molar-refractivity contribution is 6.67. The van der Waals surface area contributed by atoms with Gasteiger partial charge in [0.15, 0.2) is 0 Å². The number of carbonyl (C=O) groups excluding carboxylic acids is 2. The van der Waals surface area contributed by atoms with Gasteiger partial charge in [-0.1, -0.05) is 64.7 Å². The second-order valence-electron chi connectivity index (χ2n) is 6.96. The van der Waals surface area contributed by atoms with Crippen LogP contribution in [0.3, 0.4) is 0 Å². The third-order valence-electron chi connectivity index (χ3n) is 4.63. The van der Waals surface area contributed by atoms with Gasteiger partial charge in [-0.3, -0.25) is 9.59 Å². The number of hydrogen-bond donors (Lipinski definition) is 0. The molecule has 0 spiro atoms. The average Bonchev–Trinajstić information content (AvgIpc) is 2.65. The van der Waals surface area contributed by atoms with Crippen LogP contribution in [-0.2, 0) is 4.79 Å². The molecule has 1 rings (SSSR count). The van der Waals surface area contributed by atoms with E-state index in [0.717, 1.165) is 30.6 Å². The summed E-state index contributed by atoms with van der Waals surface area (Å²) in [5, 5.41) is -0.699. The largest absolute Gasteiger partial charge is 0.471 e. The summed E-state index contributed by atoms with van der Waals surface area (Å²) in [6.07, 6.45) is 5.66. The van der Waals surface area contributed by atoms with E-state index in [1.165, 1.54) is 56.4 Å². The summed E-state index contributed by atoms with van der Waals surface area (Å²) >= 11 is 5.35. The number of nitrogens with zero attached hydrogens (tertiary/aromatic N) is 1. The van der Waals surface area contributed by atoms with Crippen molar-refractivity contribution in [3.63, 3.8) is 0 Å². The van der Waals surface area contributed by atoms with Crippen molar-refractivity contribution in [1.29, 1.82) is 0 Å². The lowest BCUT2D eigenvalue weighted by Crippen LogP contribution is -2.41. The van der Waals surface area contributed by atoms with Crippen molar-refractivity contribution in [1.82, 2.24) is 0 Å². The molecule has 7 heteroatoms. The fourth-order valence-electron chi connectivity index (χ4n) is 3.03. The monoisotopic (exact) mass is 419 g/mol. The normalized spacial score (nSPS) is 11.5. The first-order chi connectivity index (χ1) is 13.3. The van der Waals surface area contributed by atoms with Crippen LogP contribution in [0.4, 0.5) is 18.9 Å². The van der Waals surface area contributed by atoms with Crippen molar-refractivity contribution < 1.29 is 22.8 Å². The molecule has 0 heterocycles. The van der Waals surface area contributed by atoms with Crippen molar-refractivity contribution in [3.8, 4) is 0 Å². The summed E-state index contributed by atoms with van der Waals surface area (Å²) < 4.78 is 38.8. The quantitative estimate of drug-likeness (QED) is 0.258. The standard InChI is InChI=1S/C21H29ClF3NO2/c1-2-3-4-5-6-7-8-9-10-11-16-26(20(28)21(23,24)25)18-14-12-17(13-15-18)19(22)27/h12-15H,2-11,16H2,1H3. The lowest BCUT2D eigenvalue weighted by molar-refractivity contribution is -0.170. The van der Waals surface area contributed by atoms with Crippen LogP contribution in [-0.4, -0.2) is 23.9 Å². The number of benzene rings is 1. The maximum absolute atomic E-state index is 12.9. The molecule has 0 fully saturated rings. The van der Waals surface area contributed by atoms with Crippen LogP contribution in [0.5, 0.6) is 0 Å². The Labute approximate surface area is 170 Å². The molecule has 0 bridgehead atoms. The molecule has 1 aromatic carbocycles. The second kappa shape index (κ2) is 12.8. The topological polar surface area (TPSA) is 37.4 Å². The Morgan fingerprint density at radius 3 is 1.75 bits per heavy atom. The van der Waals surface area contributed by atoms with Crippen molar-refractivity contribution in [2.45, 2.75) is 77.3 Å². The average molecular weight is 420 g/mol. The van der Waals surface area contributed by atoms with E-state index in [4.69, 9.17) is 11.6 Å². The molecule has 0 unspecified atom stereocenters. The van der Waals surface area contributed by atoms with Gasteiger partial charge in [-0.05, 0) is 42.3 Å². The van der Waals surface area contributed by atoms with Crippen LogP contribution in [0.1, 0.15) is 81.5 Å². The van der Waals surface area contributed by atoms with E-state index in [2.05, 4.69) is 6.92 Å². The van der Waals surface area contributed by atoms with Crippen LogP contribution < -0.4 is 4.90 Å². The summed E-state index contributed by atoms with van der Waals surface area (Å²) in [5.41, 5.74) is 0.281.